The highest BCUT2D eigenvalue weighted by Crippen LogP contribution is 2.36. The van der Waals surface area contributed by atoms with Crippen molar-refractivity contribution in [1.82, 2.24) is 21.3 Å². The Bertz CT molecular complexity index is 2220. The van der Waals surface area contributed by atoms with Gasteiger partial charge in [-0.05, 0) is 79.6 Å². The van der Waals surface area contributed by atoms with Crippen LogP contribution in [0.4, 0.5) is 17.1 Å². The van der Waals surface area contributed by atoms with Gasteiger partial charge in [-0.15, -0.1) is 0 Å². The molecule has 0 aromatic heterocycles. The van der Waals surface area contributed by atoms with Gasteiger partial charge in [0, 0.05) is 61.4 Å². The van der Waals surface area contributed by atoms with Crippen LogP contribution in [0.2, 0.25) is 0 Å². The predicted octanol–water partition coefficient (Wildman–Crippen LogP) is 4.49. The molecular weight excluding hydrogens is 765 g/mol. The molecule has 0 saturated carbocycles. The van der Waals surface area contributed by atoms with Gasteiger partial charge in [0.2, 0.25) is 17.7 Å². The quantitative estimate of drug-likeness (QED) is 0.0742. The number of amides is 4. The van der Waals surface area contributed by atoms with Crippen molar-refractivity contribution >= 4 is 46.9 Å². The van der Waals surface area contributed by atoms with E-state index in [1.54, 1.807) is 61.5 Å². The van der Waals surface area contributed by atoms with E-state index in [4.69, 9.17) is 14.2 Å². The maximum absolute atomic E-state index is 13.3. The Morgan fingerprint density at radius 2 is 1.73 bits per heavy atom. The standard InChI is InChI=1S/C45H52N8O7/c1-29-12-10-11-15-52(5)39-22-41(40(58-7)21-37(39)45(57)50-29)60-28-33-17-32(18-36(19-33)53(6)44(56)26-49-43(55)25-48-42(54)24-46-4)27-59-31(3)16-30(2)47-23-35-20-34-13-8-9-14-38(34)51-35/h8-19,21-23,35,46,51H,1,3,20,24-28H2,2,4-7H3,(H,48,54)(H,49,55)(H,50,57)/b12-10-,15-11-,30-16+,47-23?/t35-/m0/s1. The number of allylic oxidation sites excluding steroid dienone is 5. The second-order valence-corrected chi connectivity index (χ2v) is 14.1. The molecule has 0 bridgehead atoms. The third kappa shape index (κ3) is 12.4. The van der Waals surface area contributed by atoms with Gasteiger partial charge in [-0.3, -0.25) is 24.2 Å². The third-order valence-corrected chi connectivity index (χ3v) is 9.36. The van der Waals surface area contributed by atoms with E-state index in [1.165, 1.54) is 17.6 Å². The van der Waals surface area contributed by atoms with E-state index in [1.807, 2.05) is 50.7 Å². The lowest BCUT2D eigenvalue weighted by molar-refractivity contribution is -0.126. The van der Waals surface area contributed by atoms with Crippen LogP contribution in [0.1, 0.15) is 34.0 Å². The summed E-state index contributed by atoms with van der Waals surface area (Å²) < 4.78 is 18.1. The van der Waals surface area contributed by atoms with E-state index in [-0.39, 0.29) is 50.7 Å². The number of hydrogen-bond acceptors (Lipinski definition) is 11. The molecule has 0 spiro atoms. The number of nitrogens with zero attached hydrogens (tertiary/aromatic N) is 3. The lowest BCUT2D eigenvalue weighted by atomic mass is 10.1. The number of carbonyl (C=O) groups is 4. The molecule has 2 heterocycles. The van der Waals surface area contributed by atoms with E-state index < -0.39 is 11.8 Å². The molecule has 3 aromatic rings. The topological polar surface area (TPSA) is 175 Å². The lowest BCUT2D eigenvalue weighted by Gasteiger charge is -2.22. The van der Waals surface area contributed by atoms with E-state index in [0.717, 1.165) is 12.1 Å². The summed E-state index contributed by atoms with van der Waals surface area (Å²) in [7, 11) is 6.52. The Balaban J connectivity index is 1.33. The SMILES string of the molecule is C=C1/C=C\C=C/N(C)c2cc(OCc3cc(COC(=C)/C=C(\C)N=C[C@@H]4Cc5ccccc5N4)cc(N(C)C(=O)CNC(=O)CNC(=O)CNC)c3)c(OC)cc2C(=O)N1. The fourth-order valence-electron chi connectivity index (χ4n) is 6.26. The minimum Gasteiger partial charge on any atom is -0.493 e. The first-order valence-electron chi connectivity index (χ1n) is 19.2. The van der Waals surface area contributed by atoms with Crippen molar-refractivity contribution < 1.29 is 33.4 Å². The van der Waals surface area contributed by atoms with Crippen LogP contribution in [-0.4, -0.2) is 83.8 Å². The fraction of sp³-hybridized carbons (Fsp3) is 0.267. The number of benzene rings is 3. The number of fused-ring (bicyclic) bond motifs is 2. The van der Waals surface area contributed by atoms with Gasteiger partial charge in [-0.2, -0.15) is 0 Å². The van der Waals surface area contributed by atoms with Crippen molar-refractivity contribution in [2.45, 2.75) is 32.6 Å². The second-order valence-electron chi connectivity index (χ2n) is 14.1. The molecule has 0 saturated heterocycles. The molecule has 5 rings (SSSR count). The average molecular weight is 817 g/mol. The van der Waals surface area contributed by atoms with Gasteiger partial charge in [0.15, 0.2) is 11.5 Å². The summed E-state index contributed by atoms with van der Waals surface area (Å²) in [6.45, 7) is 9.45. The molecule has 0 unspecified atom stereocenters. The summed E-state index contributed by atoms with van der Waals surface area (Å²) in [5.41, 5.74) is 6.33. The molecule has 3 aromatic carbocycles. The number of methoxy groups -OCH3 is 1. The molecule has 15 heteroatoms. The van der Waals surface area contributed by atoms with Gasteiger partial charge in [0.1, 0.15) is 19.0 Å². The monoisotopic (exact) mass is 816 g/mol. The molecule has 2 aliphatic rings. The molecule has 60 heavy (non-hydrogen) atoms. The van der Waals surface area contributed by atoms with Crippen molar-refractivity contribution in [3.05, 3.63) is 138 Å². The van der Waals surface area contributed by atoms with Gasteiger partial charge in [-0.25, -0.2) is 0 Å². The maximum Gasteiger partial charge on any atom is 0.257 e. The number of rotatable bonds is 17. The van der Waals surface area contributed by atoms with Crippen LogP contribution in [0, 0.1) is 0 Å². The number of likely N-dealkylation sites (N-methyl/N-ethyl adjacent to an activating group) is 2. The summed E-state index contributed by atoms with van der Waals surface area (Å²) >= 11 is 0. The first-order valence-corrected chi connectivity index (χ1v) is 19.2. The zero-order chi connectivity index (χ0) is 43.2. The molecule has 0 aliphatic carbocycles. The molecule has 0 fully saturated rings. The maximum atomic E-state index is 13.3. The van der Waals surface area contributed by atoms with Gasteiger partial charge in [0.25, 0.3) is 5.91 Å². The summed E-state index contributed by atoms with van der Waals surface area (Å²) in [4.78, 5) is 58.5. The van der Waals surface area contributed by atoms with Gasteiger partial charge < -0.3 is 50.6 Å². The number of aliphatic imine (C=N–C) groups is 1. The Morgan fingerprint density at radius 1 is 1.00 bits per heavy atom. The summed E-state index contributed by atoms with van der Waals surface area (Å²) in [5.74, 6) is -0.522. The number of para-hydroxylation sites is 1. The van der Waals surface area contributed by atoms with Gasteiger partial charge >= 0.3 is 0 Å². The minimum absolute atomic E-state index is 0.0418. The number of carbonyl (C=O) groups excluding carboxylic acids is 4. The highest BCUT2D eigenvalue weighted by atomic mass is 16.5. The van der Waals surface area contributed by atoms with Crippen LogP contribution in [0.5, 0.6) is 11.5 Å². The van der Waals surface area contributed by atoms with Crippen molar-refractivity contribution in [3.63, 3.8) is 0 Å². The third-order valence-electron chi connectivity index (χ3n) is 9.36. The molecule has 5 N–H and O–H groups in total. The highest BCUT2D eigenvalue weighted by Gasteiger charge is 2.21. The molecule has 0 radical (unpaired) electrons. The molecule has 15 nitrogen and oxygen atoms in total. The van der Waals surface area contributed by atoms with Crippen LogP contribution >= 0.6 is 0 Å². The minimum atomic E-state index is -0.509. The largest absolute Gasteiger partial charge is 0.493 e. The van der Waals surface area contributed by atoms with E-state index >= 15 is 0 Å². The van der Waals surface area contributed by atoms with Crippen molar-refractivity contribution in [2.24, 2.45) is 4.99 Å². The Morgan fingerprint density at radius 3 is 2.48 bits per heavy atom. The number of anilines is 3. The number of nitrogens with one attached hydrogen (secondary N) is 5. The highest BCUT2D eigenvalue weighted by molar-refractivity contribution is 6.02. The molecule has 314 valence electrons. The van der Waals surface area contributed by atoms with Crippen LogP contribution in [0.15, 0.2) is 120 Å². The fourth-order valence-corrected chi connectivity index (χ4v) is 6.26. The Hall–Kier alpha value is -7.13. The zero-order valence-electron chi connectivity index (χ0n) is 34.6. The smallest absolute Gasteiger partial charge is 0.257 e. The van der Waals surface area contributed by atoms with E-state index in [0.29, 0.717) is 56.7 Å². The second kappa shape index (κ2) is 21.0. The number of hydrogen-bond donors (Lipinski definition) is 5. The Kier molecular flexibility index (Phi) is 15.4. The number of ether oxygens (including phenoxy) is 3. The van der Waals surface area contributed by atoms with E-state index in [9.17, 15) is 19.2 Å². The van der Waals surface area contributed by atoms with Crippen LogP contribution in [0.25, 0.3) is 0 Å². The van der Waals surface area contributed by atoms with Crippen molar-refractivity contribution in [3.8, 4) is 11.5 Å². The molecule has 1 atom stereocenters. The van der Waals surface area contributed by atoms with E-state index in [2.05, 4.69) is 56.9 Å². The normalized spacial score (nSPS) is 15.8. The van der Waals surface area contributed by atoms with Gasteiger partial charge in [-0.1, -0.05) is 37.4 Å². The van der Waals surface area contributed by atoms with Crippen LogP contribution < -0.4 is 45.9 Å². The predicted molar refractivity (Wildman–Crippen MR) is 234 cm³/mol. The van der Waals surface area contributed by atoms with Crippen molar-refractivity contribution in [1.29, 1.82) is 0 Å². The average Bonchev–Trinajstić information content (AvgIpc) is 3.66. The molecule has 4 amide bonds. The summed E-state index contributed by atoms with van der Waals surface area (Å²) in [5, 5.41) is 14.0. The molecular formula is C45H52N8O7. The summed E-state index contributed by atoms with van der Waals surface area (Å²) in [6, 6.07) is 17.1. The van der Waals surface area contributed by atoms with Crippen LogP contribution in [-0.2, 0) is 38.8 Å². The van der Waals surface area contributed by atoms with Crippen LogP contribution in [0.3, 0.4) is 0 Å². The van der Waals surface area contributed by atoms with Gasteiger partial charge in [0.05, 0.1) is 44.0 Å². The lowest BCUT2D eigenvalue weighted by Crippen LogP contribution is -2.43. The summed E-state index contributed by atoms with van der Waals surface area (Å²) in [6.07, 6.45) is 11.6. The Labute approximate surface area is 350 Å². The first kappa shape index (κ1) is 44.0. The molecule has 2 aliphatic heterocycles. The zero-order valence-corrected chi connectivity index (χ0v) is 34.6. The van der Waals surface area contributed by atoms with Crippen molar-refractivity contribution in [2.75, 3.05) is 63.0 Å². The first-order chi connectivity index (χ1) is 28.8.